The third kappa shape index (κ3) is 3.49. The van der Waals surface area contributed by atoms with Gasteiger partial charge in [0.15, 0.2) is 0 Å². The molecule has 0 bridgehead atoms. The summed E-state index contributed by atoms with van der Waals surface area (Å²) in [7, 11) is 0. The highest BCUT2D eigenvalue weighted by Crippen LogP contribution is 2.28. The van der Waals surface area contributed by atoms with Gasteiger partial charge in [-0.1, -0.05) is 24.3 Å². The number of hydrogen-bond donors (Lipinski definition) is 3. The lowest BCUT2D eigenvalue weighted by Crippen LogP contribution is -2.38. The Labute approximate surface area is 159 Å². The van der Waals surface area contributed by atoms with E-state index >= 15 is 0 Å². The average Bonchev–Trinajstić information content (AvgIpc) is 3.08. The number of aromatic amines is 2. The fourth-order valence-electron chi connectivity index (χ4n) is 3.02. The second kappa shape index (κ2) is 6.62. The molecule has 3 N–H and O–H groups in total. The summed E-state index contributed by atoms with van der Waals surface area (Å²) in [5.41, 5.74) is 1.29. The summed E-state index contributed by atoms with van der Waals surface area (Å²) in [6, 6.07) is 11.6. The maximum absolute atomic E-state index is 12.7. The van der Waals surface area contributed by atoms with E-state index in [0.29, 0.717) is 27.5 Å². The van der Waals surface area contributed by atoms with Crippen LogP contribution in [-0.2, 0) is 0 Å². The smallest absolute Gasteiger partial charge is 0.414 e. The summed E-state index contributed by atoms with van der Waals surface area (Å²) < 4.78 is 38.1. The van der Waals surface area contributed by atoms with Crippen LogP contribution >= 0.6 is 0 Å². The Morgan fingerprint density at radius 2 is 1.86 bits per heavy atom. The van der Waals surface area contributed by atoms with E-state index in [9.17, 15) is 22.8 Å². The van der Waals surface area contributed by atoms with Gasteiger partial charge in [0.25, 0.3) is 5.56 Å². The molecule has 0 atom stereocenters. The number of imidazole rings is 1. The molecule has 2 aromatic heterocycles. The molecule has 0 unspecified atom stereocenters. The van der Waals surface area contributed by atoms with Gasteiger partial charge in [0.2, 0.25) is 5.95 Å². The Bertz CT molecular complexity index is 1300. The van der Waals surface area contributed by atoms with E-state index in [1.165, 1.54) is 6.07 Å². The van der Waals surface area contributed by atoms with E-state index in [4.69, 9.17) is 5.11 Å². The fourth-order valence-corrected chi connectivity index (χ4v) is 3.02. The molecular formula is C18H12F3N5O3. The molecule has 0 aliphatic carbocycles. The number of anilines is 1. The molecule has 0 saturated carbocycles. The summed E-state index contributed by atoms with van der Waals surface area (Å²) in [6.07, 6.45) is -6.50. The first-order chi connectivity index (χ1) is 13.7. The maximum Gasteiger partial charge on any atom is 0.414 e. The minimum absolute atomic E-state index is 0.0906. The van der Waals surface area contributed by atoms with Gasteiger partial charge in [0, 0.05) is 10.9 Å². The Hall–Kier alpha value is -3.89. The lowest BCUT2D eigenvalue weighted by atomic mass is 10.0. The highest BCUT2D eigenvalue weighted by atomic mass is 19.4. The zero-order valence-corrected chi connectivity index (χ0v) is 14.5. The van der Waals surface area contributed by atoms with Crippen LogP contribution in [0.2, 0.25) is 0 Å². The van der Waals surface area contributed by atoms with Crippen LogP contribution in [-0.4, -0.2) is 44.1 Å². The molecule has 148 valence electrons. The molecule has 2 aromatic carbocycles. The van der Waals surface area contributed by atoms with Crippen LogP contribution in [0.1, 0.15) is 0 Å². The van der Waals surface area contributed by atoms with Gasteiger partial charge >= 0.3 is 12.3 Å². The van der Waals surface area contributed by atoms with Gasteiger partial charge in [-0.2, -0.15) is 18.3 Å². The molecule has 4 aromatic rings. The zero-order valence-electron chi connectivity index (χ0n) is 14.5. The van der Waals surface area contributed by atoms with E-state index in [1.54, 1.807) is 36.4 Å². The number of carboxylic acid groups (broad SMARTS) is 1. The van der Waals surface area contributed by atoms with E-state index in [1.807, 2.05) is 0 Å². The van der Waals surface area contributed by atoms with Crippen molar-refractivity contribution in [3.8, 4) is 11.3 Å². The number of hydrogen-bond acceptors (Lipinski definition) is 4. The second-order valence-electron chi connectivity index (χ2n) is 6.22. The number of carbonyl (C=O) groups is 1. The minimum Gasteiger partial charge on any atom is -0.465 e. The SMILES string of the molecule is O=C(O)N(CC(F)(F)F)c1nc2ccc(-c3n[nH]c(=O)c4ccccc34)cc2[nH]1. The average molecular weight is 403 g/mol. The monoisotopic (exact) mass is 403 g/mol. The largest absolute Gasteiger partial charge is 0.465 e. The van der Waals surface area contributed by atoms with Crippen molar-refractivity contribution < 1.29 is 23.1 Å². The predicted molar refractivity (Wildman–Crippen MR) is 98.9 cm³/mol. The fraction of sp³-hybridized carbons (Fsp3) is 0.111. The van der Waals surface area contributed by atoms with E-state index in [2.05, 4.69) is 20.2 Å². The van der Waals surface area contributed by atoms with Gasteiger partial charge in [-0.3, -0.25) is 4.79 Å². The van der Waals surface area contributed by atoms with Crippen molar-refractivity contribution in [3.05, 3.63) is 52.8 Å². The summed E-state index contributed by atoms with van der Waals surface area (Å²) in [5.74, 6) is -0.443. The number of rotatable bonds is 3. The molecule has 0 saturated heterocycles. The first kappa shape index (κ1) is 18.5. The number of nitrogens with one attached hydrogen (secondary N) is 2. The lowest BCUT2D eigenvalue weighted by molar-refractivity contribution is -0.119. The van der Waals surface area contributed by atoms with Gasteiger partial charge < -0.3 is 10.1 Å². The van der Waals surface area contributed by atoms with Crippen LogP contribution in [0.3, 0.4) is 0 Å². The standard InChI is InChI=1S/C18H12F3N5O3/c19-18(20,21)8-26(17(28)29)16-22-12-6-5-9(7-13(12)23-16)14-10-3-1-2-4-11(10)15(27)25-24-14/h1-7H,8H2,(H,22,23)(H,25,27)(H,28,29). The summed E-state index contributed by atoms with van der Waals surface area (Å²) >= 11 is 0. The number of amides is 1. The molecule has 0 radical (unpaired) electrons. The van der Waals surface area contributed by atoms with Crippen molar-refractivity contribution in [1.29, 1.82) is 0 Å². The topological polar surface area (TPSA) is 115 Å². The molecule has 0 fully saturated rings. The van der Waals surface area contributed by atoms with Crippen LogP contribution in [0.25, 0.3) is 33.1 Å². The number of fused-ring (bicyclic) bond motifs is 2. The van der Waals surface area contributed by atoms with Gasteiger partial charge in [0.1, 0.15) is 6.54 Å². The normalized spacial score (nSPS) is 11.8. The van der Waals surface area contributed by atoms with Crippen molar-refractivity contribution >= 4 is 33.8 Å². The third-order valence-corrected chi connectivity index (χ3v) is 4.26. The number of alkyl halides is 3. The van der Waals surface area contributed by atoms with Crippen molar-refractivity contribution in [1.82, 2.24) is 20.2 Å². The molecule has 0 spiro atoms. The van der Waals surface area contributed by atoms with Crippen LogP contribution in [0.15, 0.2) is 47.3 Å². The van der Waals surface area contributed by atoms with Gasteiger partial charge in [0.05, 0.1) is 22.1 Å². The van der Waals surface area contributed by atoms with Crippen LogP contribution in [0, 0.1) is 0 Å². The molecule has 29 heavy (non-hydrogen) atoms. The van der Waals surface area contributed by atoms with E-state index in [-0.39, 0.29) is 16.0 Å². The van der Waals surface area contributed by atoms with Crippen molar-refractivity contribution in [2.75, 3.05) is 11.4 Å². The highest BCUT2D eigenvalue weighted by molar-refractivity contribution is 5.96. The first-order valence-electron chi connectivity index (χ1n) is 8.28. The van der Waals surface area contributed by atoms with E-state index < -0.39 is 24.8 Å². The quantitative estimate of drug-likeness (QED) is 0.484. The van der Waals surface area contributed by atoms with Crippen LogP contribution in [0.5, 0.6) is 0 Å². The van der Waals surface area contributed by atoms with Gasteiger partial charge in [-0.05, 0) is 18.2 Å². The summed E-state index contributed by atoms with van der Waals surface area (Å²) in [4.78, 5) is 29.8. The number of halogens is 3. The third-order valence-electron chi connectivity index (χ3n) is 4.26. The molecule has 11 heteroatoms. The Kier molecular flexibility index (Phi) is 4.22. The molecule has 8 nitrogen and oxygen atoms in total. The molecular weight excluding hydrogens is 391 g/mol. The number of benzene rings is 2. The highest BCUT2D eigenvalue weighted by Gasteiger charge is 2.35. The van der Waals surface area contributed by atoms with Gasteiger partial charge in [-0.15, -0.1) is 0 Å². The van der Waals surface area contributed by atoms with Crippen LogP contribution in [0.4, 0.5) is 23.9 Å². The molecule has 1 amide bonds. The number of aromatic nitrogens is 4. The number of nitrogens with zero attached hydrogens (tertiary/aromatic N) is 3. The summed E-state index contributed by atoms with van der Waals surface area (Å²) in [5, 5.41) is 16.6. The predicted octanol–water partition coefficient (Wildman–Crippen LogP) is 3.51. The van der Waals surface area contributed by atoms with Crippen molar-refractivity contribution in [2.45, 2.75) is 6.18 Å². The first-order valence-corrected chi connectivity index (χ1v) is 8.28. The molecule has 0 aliphatic rings. The molecule has 4 rings (SSSR count). The zero-order chi connectivity index (χ0) is 20.8. The summed E-state index contributed by atoms with van der Waals surface area (Å²) in [6.45, 7) is -1.69. The Morgan fingerprint density at radius 3 is 2.55 bits per heavy atom. The van der Waals surface area contributed by atoms with Crippen molar-refractivity contribution in [2.24, 2.45) is 0 Å². The van der Waals surface area contributed by atoms with Crippen LogP contribution < -0.4 is 10.5 Å². The van der Waals surface area contributed by atoms with E-state index in [0.717, 1.165) is 0 Å². The molecule has 0 aliphatic heterocycles. The Morgan fingerprint density at radius 1 is 1.14 bits per heavy atom. The minimum atomic E-state index is -4.72. The number of H-pyrrole nitrogens is 2. The molecule has 2 heterocycles. The maximum atomic E-state index is 12.7. The second-order valence-corrected chi connectivity index (χ2v) is 6.22. The lowest BCUT2D eigenvalue weighted by Gasteiger charge is -2.17. The van der Waals surface area contributed by atoms with Crippen molar-refractivity contribution in [3.63, 3.8) is 0 Å². The van der Waals surface area contributed by atoms with Gasteiger partial charge in [-0.25, -0.2) is 19.8 Å². The Balaban J connectivity index is 1.81.